The summed E-state index contributed by atoms with van der Waals surface area (Å²) in [6, 6.07) is 5.90. The molecule has 1 heterocycles. The summed E-state index contributed by atoms with van der Waals surface area (Å²) in [6.07, 6.45) is -7.68. The number of para-hydroxylation sites is 1. The van der Waals surface area contributed by atoms with Crippen molar-refractivity contribution in [2.24, 2.45) is 0 Å². The molecule has 9 nitrogen and oxygen atoms in total. The van der Waals surface area contributed by atoms with E-state index in [4.69, 9.17) is 19.3 Å². The van der Waals surface area contributed by atoms with Gasteiger partial charge in [0.05, 0.1) is 12.7 Å². The van der Waals surface area contributed by atoms with E-state index in [1.165, 1.54) is 12.1 Å². The Morgan fingerprint density at radius 1 is 1.20 bits per heavy atom. The molecule has 2 rings (SSSR count). The predicted octanol–water partition coefficient (Wildman–Crippen LogP) is -1.25. The van der Waals surface area contributed by atoms with Crippen molar-refractivity contribution in [1.29, 1.82) is 0 Å². The number of esters is 1. The maximum Gasteiger partial charge on any atom is 0.342 e. The van der Waals surface area contributed by atoms with Gasteiger partial charge < -0.3 is 39.7 Å². The quantitative estimate of drug-likeness (QED) is 0.394. The lowest BCUT2D eigenvalue weighted by atomic mass is 9.99. The van der Waals surface area contributed by atoms with Crippen LogP contribution in [0, 0.1) is 0 Å². The molecule has 1 aliphatic rings. The molecule has 0 spiro atoms. The van der Waals surface area contributed by atoms with Gasteiger partial charge in [-0.2, -0.15) is 0 Å². The van der Waals surface area contributed by atoms with Gasteiger partial charge in [-0.3, -0.25) is 0 Å². The maximum atomic E-state index is 11.9. The van der Waals surface area contributed by atoms with E-state index in [0.717, 1.165) is 0 Å². The molecule has 1 aromatic carbocycles. The molecular formula is C16H22O9. The van der Waals surface area contributed by atoms with E-state index >= 15 is 0 Å². The lowest BCUT2D eigenvalue weighted by molar-refractivity contribution is -0.311. The molecule has 1 unspecified atom stereocenters. The summed E-state index contributed by atoms with van der Waals surface area (Å²) in [5, 5.41) is 48.0. The van der Waals surface area contributed by atoms with Gasteiger partial charge in [-0.05, 0) is 19.1 Å². The zero-order valence-electron chi connectivity index (χ0n) is 13.6. The number of phenols is 1. The topological polar surface area (TPSA) is 146 Å². The summed E-state index contributed by atoms with van der Waals surface area (Å²) in [5.41, 5.74) is 0.00235. The standard InChI is InChI=1S/C16H22O9/c1-8(7-23-15(22)9-4-2-3-5-10(9)18)24-16-14(21)13(20)12(19)11(6-17)25-16/h2-5,8,11-14,16-21H,6-7H2,1H3/t8?,11-,12-,13+,14-,16-/m1/s1. The molecular weight excluding hydrogens is 336 g/mol. The minimum absolute atomic E-state index is 0.00235. The largest absolute Gasteiger partial charge is 0.507 e. The Bertz CT molecular complexity index is 576. The van der Waals surface area contributed by atoms with Crippen molar-refractivity contribution in [2.75, 3.05) is 13.2 Å². The fraction of sp³-hybridized carbons (Fsp3) is 0.562. The van der Waals surface area contributed by atoms with E-state index in [-0.39, 0.29) is 17.9 Å². The van der Waals surface area contributed by atoms with Crippen LogP contribution in [0.25, 0.3) is 0 Å². The van der Waals surface area contributed by atoms with Crippen molar-refractivity contribution in [2.45, 2.75) is 43.7 Å². The molecule has 1 aromatic rings. The van der Waals surface area contributed by atoms with Crippen molar-refractivity contribution in [1.82, 2.24) is 0 Å². The SMILES string of the molecule is CC(COC(=O)c1ccccc1O)O[C@@H]1O[C@H](CO)[C@@H](O)[C@H](O)[C@H]1O. The number of ether oxygens (including phenoxy) is 3. The molecule has 1 fully saturated rings. The zero-order valence-corrected chi connectivity index (χ0v) is 13.6. The first-order chi connectivity index (χ1) is 11.8. The third kappa shape index (κ3) is 4.66. The van der Waals surface area contributed by atoms with Crippen LogP contribution in [-0.4, -0.2) is 81.5 Å². The van der Waals surface area contributed by atoms with Crippen LogP contribution in [0.1, 0.15) is 17.3 Å². The lowest BCUT2D eigenvalue weighted by Crippen LogP contribution is -2.59. The number of aliphatic hydroxyl groups excluding tert-OH is 4. The molecule has 0 aliphatic carbocycles. The molecule has 140 valence electrons. The molecule has 1 saturated heterocycles. The Balaban J connectivity index is 1.88. The van der Waals surface area contributed by atoms with Crippen LogP contribution in [-0.2, 0) is 14.2 Å². The van der Waals surface area contributed by atoms with E-state index in [9.17, 15) is 25.2 Å². The van der Waals surface area contributed by atoms with Gasteiger partial charge in [0.2, 0.25) is 0 Å². The fourth-order valence-corrected chi connectivity index (χ4v) is 2.37. The van der Waals surface area contributed by atoms with Crippen molar-refractivity contribution in [3.05, 3.63) is 29.8 Å². The molecule has 0 saturated carbocycles. The molecule has 0 radical (unpaired) electrons. The van der Waals surface area contributed by atoms with E-state index < -0.39 is 49.4 Å². The summed E-state index contributed by atoms with van der Waals surface area (Å²) in [4.78, 5) is 11.9. The van der Waals surface area contributed by atoms with Crippen LogP contribution in [0.3, 0.4) is 0 Å². The number of hydrogen-bond acceptors (Lipinski definition) is 9. The number of benzene rings is 1. The molecule has 1 aliphatic heterocycles. The van der Waals surface area contributed by atoms with Gasteiger partial charge in [-0.25, -0.2) is 4.79 Å². The first-order valence-electron chi connectivity index (χ1n) is 7.76. The second-order valence-electron chi connectivity index (χ2n) is 5.76. The Morgan fingerprint density at radius 2 is 1.88 bits per heavy atom. The van der Waals surface area contributed by atoms with Crippen molar-refractivity contribution < 1.29 is 44.5 Å². The van der Waals surface area contributed by atoms with E-state index in [2.05, 4.69) is 0 Å². The van der Waals surface area contributed by atoms with Crippen molar-refractivity contribution >= 4 is 5.97 Å². The monoisotopic (exact) mass is 358 g/mol. The van der Waals surface area contributed by atoms with Crippen LogP contribution in [0.5, 0.6) is 5.75 Å². The highest BCUT2D eigenvalue weighted by Crippen LogP contribution is 2.23. The fourth-order valence-electron chi connectivity index (χ4n) is 2.37. The molecule has 25 heavy (non-hydrogen) atoms. The molecule has 0 aromatic heterocycles. The van der Waals surface area contributed by atoms with Crippen molar-refractivity contribution in [3.8, 4) is 5.75 Å². The van der Waals surface area contributed by atoms with Gasteiger partial charge in [0.25, 0.3) is 0 Å². The first-order valence-corrected chi connectivity index (χ1v) is 7.76. The maximum absolute atomic E-state index is 11.9. The summed E-state index contributed by atoms with van der Waals surface area (Å²) < 4.78 is 15.6. The third-order valence-corrected chi connectivity index (χ3v) is 3.79. The minimum atomic E-state index is -1.55. The number of aromatic hydroxyl groups is 1. The highest BCUT2D eigenvalue weighted by Gasteiger charge is 2.44. The highest BCUT2D eigenvalue weighted by atomic mass is 16.7. The van der Waals surface area contributed by atoms with Crippen LogP contribution in [0.15, 0.2) is 24.3 Å². The summed E-state index contributed by atoms with van der Waals surface area (Å²) in [7, 11) is 0. The van der Waals surface area contributed by atoms with E-state index in [1.54, 1.807) is 19.1 Å². The van der Waals surface area contributed by atoms with Crippen LogP contribution >= 0.6 is 0 Å². The van der Waals surface area contributed by atoms with Crippen molar-refractivity contribution in [3.63, 3.8) is 0 Å². The normalized spacial score (nSPS) is 30.7. The number of carbonyl (C=O) groups is 1. The highest BCUT2D eigenvalue weighted by molar-refractivity contribution is 5.92. The predicted molar refractivity (Wildman–Crippen MR) is 82.7 cm³/mol. The summed E-state index contributed by atoms with van der Waals surface area (Å²) >= 11 is 0. The average Bonchev–Trinajstić information content (AvgIpc) is 2.60. The molecule has 0 bridgehead atoms. The smallest absolute Gasteiger partial charge is 0.342 e. The van der Waals surface area contributed by atoms with Crippen LogP contribution < -0.4 is 0 Å². The van der Waals surface area contributed by atoms with Gasteiger partial charge >= 0.3 is 5.97 Å². The number of hydrogen-bond donors (Lipinski definition) is 5. The van der Waals surface area contributed by atoms with Gasteiger partial charge in [0.15, 0.2) is 6.29 Å². The average molecular weight is 358 g/mol. The van der Waals surface area contributed by atoms with Gasteiger partial charge in [0.1, 0.15) is 42.3 Å². The second kappa shape index (κ2) is 8.56. The summed E-state index contributed by atoms with van der Waals surface area (Å²) in [5.74, 6) is -0.961. The number of phenolic OH excluding ortho intramolecular Hbond substituents is 1. The molecule has 6 atom stereocenters. The first kappa shape index (κ1) is 19.6. The van der Waals surface area contributed by atoms with Crippen LogP contribution in [0.4, 0.5) is 0 Å². The van der Waals surface area contributed by atoms with E-state index in [0.29, 0.717) is 0 Å². The van der Waals surface area contributed by atoms with E-state index in [1.807, 2.05) is 0 Å². The van der Waals surface area contributed by atoms with Gasteiger partial charge in [0, 0.05) is 0 Å². The Morgan fingerprint density at radius 3 is 2.52 bits per heavy atom. The van der Waals surface area contributed by atoms with Crippen LogP contribution in [0.2, 0.25) is 0 Å². The number of aliphatic hydroxyl groups is 4. The lowest BCUT2D eigenvalue weighted by Gasteiger charge is -2.40. The van der Waals surface area contributed by atoms with Gasteiger partial charge in [-0.1, -0.05) is 12.1 Å². The summed E-state index contributed by atoms with van der Waals surface area (Å²) in [6.45, 7) is 0.767. The molecule has 0 amide bonds. The number of rotatable bonds is 6. The Kier molecular flexibility index (Phi) is 6.71. The number of carbonyl (C=O) groups excluding carboxylic acids is 1. The molecule has 9 heteroatoms. The Hall–Kier alpha value is -1.75. The Labute approximate surface area is 144 Å². The minimum Gasteiger partial charge on any atom is -0.507 e. The zero-order chi connectivity index (χ0) is 18.6. The second-order valence-corrected chi connectivity index (χ2v) is 5.76. The third-order valence-electron chi connectivity index (χ3n) is 3.79. The molecule has 5 N–H and O–H groups in total. The van der Waals surface area contributed by atoms with Gasteiger partial charge in [-0.15, -0.1) is 0 Å².